The van der Waals surface area contributed by atoms with Crippen LogP contribution >= 0.6 is 11.6 Å². The predicted octanol–water partition coefficient (Wildman–Crippen LogP) is 4.74. The second-order valence-corrected chi connectivity index (χ2v) is 7.62. The Morgan fingerprint density at radius 3 is 2.41 bits per heavy atom. The molecule has 2 rings (SSSR count). The van der Waals surface area contributed by atoms with E-state index in [0.717, 1.165) is 24.3 Å². The Kier molecular flexibility index (Phi) is 6.85. The number of sulfonamides is 1. The average molecular weight is 453 g/mol. The van der Waals surface area contributed by atoms with E-state index in [2.05, 4.69) is 5.32 Å². The molecule has 0 aliphatic heterocycles. The van der Waals surface area contributed by atoms with Gasteiger partial charge < -0.3 is 9.47 Å². The molecule has 0 saturated heterocycles. The van der Waals surface area contributed by atoms with Gasteiger partial charge in [0.15, 0.2) is 0 Å². The molecule has 0 bridgehead atoms. The fourth-order valence-corrected chi connectivity index (χ4v) is 3.55. The molecule has 0 aromatic heterocycles. The molecular formula is C17H16ClF3N2O5S. The minimum atomic E-state index is -4.83. The molecule has 2 aromatic carbocycles. The van der Waals surface area contributed by atoms with Crippen molar-refractivity contribution in [3.8, 4) is 5.75 Å². The third-order valence-electron chi connectivity index (χ3n) is 3.52. The summed E-state index contributed by atoms with van der Waals surface area (Å²) in [6.07, 6.45) is -5.69. The summed E-state index contributed by atoms with van der Waals surface area (Å²) in [7, 11) is -3.15. The highest BCUT2D eigenvalue weighted by Crippen LogP contribution is 2.37. The number of amides is 1. The van der Waals surface area contributed by atoms with Gasteiger partial charge in [-0.05, 0) is 43.3 Å². The quantitative estimate of drug-likeness (QED) is 0.660. The van der Waals surface area contributed by atoms with Crippen LogP contribution in [0.5, 0.6) is 5.75 Å². The Bertz CT molecular complexity index is 1010. The molecule has 0 spiro atoms. The van der Waals surface area contributed by atoms with Crippen molar-refractivity contribution in [2.45, 2.75) is 18.0 Å². The lowest BCUT2D eigenvalue weighted by Gasteiger charge is -2.16. The molecular weight excluding hydrogens is 437 g/mol. The Labute approximate surface area is 169 Å². The van der Waals surface area contributed by atoms with E-state index < -0.39 is 38.4 Å². The summed E-state index contributed by atoms with van der Waals surface area (Å²) < 4.78 is 76.6. The maximum absolute atomic E-state index is 13.2. The van der Waals surface area contributed by atoms with Gasteiger partial charge in [0.05, 0.1) is 35.6 Å². The summed E-state index contributed by atoms with van der Waals surface area (Å²) in [6, 6.07) is 6.02. The summed E-state index contributed by atoms with van der Waals surface area (Å²) in [4.78, 5) is 11.2. The van der Waals surface area contributed by atoms with Gasteiger partial charge in [-0.2, -0.15) is 13.2 Å². The largest absolute Gasteiger partial charge is 0.495 e. The summed E-state index contributed by atoms with van der Waals surface area (Å²) >= 11 is 5.60. The van der Waals surface area contributed by atoms with E-state index in [4.69, 9.17) is 21.1 Å². The predicted molar refractivity (Wildman–Crippen MR) is 101 cm³/mol. The molecule has 2 aromatic rings. The van der Waals surface area contributed by atoms with Crippen molar-refractivity contribution in [3.63, 3.8) is 0 Å². The van der Waals surface area contributed by atoms with Crippen LogP contribution in [0.15, 0.2) is 41.3 Å². The van der Waals surface area contributed by atoms with Gasteiger partial charge in [0.1, 0.15) is 5.75 Å². The van der Waals surface area contributed by atoms with Crippen molar-refractivity contribution in [2.75, 3.05) is 23.8 Å². The third kappa shape index (κ3) is 5.67. The Morgan fingerprint density at radius 2 is 1.83 bits per heavy atom. The Morgan fingerprint density at radius 1 is 1.14 bits per heavy atom. The normalized spacial score (nSPS) is 11.7. The van der Waals surface area contributed by atoms with Gasteiger partial charge in [0, 0.05) is 5.02 Å². The number of rotatable bonds is 6. The molecule has 0 aliphatic carbocycles. The van der Waals surface area contributed by atoms with Crippen LogP contribution in [0.25, 0.3) is 0 Å². The smallest absolute Gasteiger partial charge is 0.418 e. The first-order valence-corrected chi connectivity index (χ1v) is 9.85. The highest BCUT2D eigenvalue weighted by Gasteiger charge is 2.35. The molecule has 0 aliphatic rings. The fourth-order valence-electron chi connectivity index (χ4n) is 2.27. The van der Waals surface area contributed by atoms with Crippen LogP contribution in [0.2, 0.25) is 5.02 Å². The standard InChI is InChI=1S/C17H16ClF3N2O5S/c1-3-28-16(24)22-14-9-11(5-7-15(14)27-2)29(25,26)23-13-6-4-10(18)8-12(13)17(19,20)21/h4-9,23H,3H2,1-2H3,(H,22,24). The van der Waals surface area contributed by atoms with Gasteiger partial charge in [-0.25, -0.2) is 13.2 Å². The van der Waals surface area contributed by atoms with Crippen LogP contribution in [0.1, 0.15) is 12.5 Å². The zero-order valence-corrected chi connectivity index (χ0v) is 16.7. The highest BCUT2D eigenvalue weighted by atomic mass is 35.5. The average Bonchev–Trinajstić information content (AvgIpc) is 2.62. The molecule has 0 heterocycles. The van der Waals surface area contributed by atoms with E-state index >= 15 is 0 Å². The molecule has 7 nitrogen and oxygen atoms in total. The maximum atomic E-state index is 13.2. The number of ether oxygens (including phenoxy) is 2. The van der Waals surface area contributed by atoms with Gasteiger partial charge in [-0.1, -0.05) is 11.6 Å². The van der Waals surface area contributed by atoms with Crippen molar-refractivity contribution >= 4 is 39.1 Å². The Hall–Kier alpha value is -2.66. The summed E-state index contributed by atoms with van der Waals surface area (Å²) in [5.41, 5.74) is -1.98. The first kappa shape index (κ1) is 22.6. The number of methoxy groups -OCH3 is 1. The zero-order valence-electron chi connectivity index (χ0n) is 15.1. The minimum Gasteiger partial charge on any atom is -0.495 e. The fraction of sp³-hybridized carbons (Fsp3) is 0.235. The van der Waals surface area contributed by atoms with E-state index in [0.29, 0.717) is 6.07 Å². The van der Waals surface area contributed by atoms with E-state index in [9.17, 15) is 26.4 Å². The number of alkyl halides is 3. The molecule has 2 N–H and O–H groups in total. The molecule has 0 saturated carbocycles. The van der Waals surface area contributed by atoms with Crippen molar-refractivity contribution < 1.29 is 35.9 Å². The third-order valence-corrected chi connectivity index (χ3v) is 5.12. The molecule has 29 heavy (non-hydrogen) atoms. The number of nitrogens with one attached hydrogen (secondary N) is 2. The van der Waals surface area contributed by atoms with Crippen molar-refractivity contribution in [2.24, 2.45) is 0 Å². The van der Waals surface area contributed by atoms with Crippen LogP contribution in [0.4, 0.5) is 29.3 Å². The number of carbonyl (C=O) groups is 1. The van der Waals surface area contributed by atoms with Crippen molar-refractivity contribution in [3.05, 3.63) is 47.0 Å². The van der Waals surface area contributed by atoms with Gasteiger partial charge in [-0.15, -0.1) is 0 Å². The summed E-state index contributed by atoms with van der Waals surface area (Å²) in [5, 5.41) is 2.10. The maximum Gasteiger partial charge on any atom is 0.418 e. The molecule has 0 unspecified atom stereocenters. The van der Waals surface area contributed by atoms with E-state index in [1.54, 1.807) is 6.92 Å². The second kappa shape index (κ2) is 8.78. The van der Waals surface area contributed by atoms with Crippen molar-refractivity contribution in [1.82, 2.24) is 0 Å². The molecule has 1 amide bonds. The van der Waals surface area contributed by atoms with Gasteiger partial charge >= 0.3 is 12.3 Å². The lowest BCUT2D eigenvalue weighted by Crippen LogP contribution is -2.18. The van der Waals surface area contributed by atoms with Gasteiger partial charge in [0.2, 0.25) is 0 Å². The van der Waals surface area contributed by atoms with Crippen molar-refractivity contribution in [1.29, 1.82) is 0 Å². The van der Waals surface area contributed by atoms with Crippen LogP contribution in [-0.4, -0.2) is 28.2 Å². The SMILES string of the molecule is CCOC(=O)Nc1cc(S(=O)(=O)Nc2ccc(Cl)cc2C(F)(F)F)ccc1OC. The first-order valence-electron chi connectivity index (χ1n) is 7.99. The Balaban J connectivity index is 2.43. The first-order chi connectivity index (χ1) is 13.5. The number of anilines is 2. The molecule has 0 radical (unpaired) electrons. The monoisotopic (exact) mass is 452 g/mol. The van der Waals surface area contributed by atoms with E-state index in [1.807, 2.05) is 4.72 Å². The number of hydrogen-bond donors (Lipinski definition) is 2. The molecule has 158 valence electrons. The number of hydrogen-bond acceptors (Lipinski definition) is 5. The molecule has 0 fully saturated rings. The van der Waals surface area contributed by atoms with E-state index in [-0.39, 0.29) is 23.1 Å². The van der Waals surface area contributed by atoms with Crippen LogP contribution in [0, 0.1) is 0 Å². The van der Waals surface area contributed by atoms with E-state index in [1.165, 1.54) is 13.2 Å². The van der Waals surface area contributed by atoms with Gasteiger partial charge in [-0.3, -0.25) is 10.0 Å². The topological polar surface area (TPSA) is 93.7 Å². The molecule has 0 atom stereocenters. The highest BCUT2D eigenvalue weighted by molar-refractivity contribution is 7.92. The summed E-state index contributed by atoms with van der Waals surface area (Å²) in [5.74, 6) is 0.125. The zero-order chi connectivity index (χ0) is 21.8. The minimum absolute atomic E-state index is 0.0408. The van der Waals surface area contributed by atoms with Crippen LogP contribution in [-0.2, 0) is 20.9 Å². The lowest BCUT2D eigenvalue weighted by atomic mass is 10.2. The van der Waals surface area contributed by atoms with Crippen LogP contribution < -0.4 is 14.8 Å². The lowest BCUT2D eigenvalue weighted by molar-refractivity contribution is -0.136. The number of halogens is 4. The van der Waals surface area contributed by atoms with Gasteiger partial charge in [0.25, 0.3) is 10.0 Å². The number of benzene rings is 2. The second-order valence-electron chi connectivity index (χ2n) is 5.50. The number of carbonyl (C=O) groups excluding carboxylic acids is 1. The van der Waals surface area contributed by atoms with Crippen LogP contribution in [0.3, 0.4) is 0 Å². The molecule has 12 heteroatoms. The summed E-state index contributed by atoms with van der Waals surface area (Å²) in [6.45, 7) is 1.65.